The minimum atomic E-state index is -0.834. The molecule has 2 amide bonds. The topological polar surface area (TPSA) is 94.5 Å². The molecule has 2 N–H and O–H groups in total. The Bertz CT molecular complexity index is 749. The average Bonchev–Trinajstić information content (AvgIpc) is 2.78. The van der Waals surface area contributed by atoms with E-state index in [1.54, 1.807) is 20.8 Å². The Morgan fingerprint density at radius 1 is 1.25 bits per heavy atom. The zero-order valence-electron chi connectivity index (χ0n) is 17.2. The van der Waals surface area contributed by atoms with Crippen LogP contribution in [0.5, 0.6) is 0 Å². The highest BCUT2D eigenvalue weighted by molar-refractivity contribution is 5.96. The highest BCUT2D eigenvalue weighted by Crippen LogP contribution is 2.20. The van der Waals surface area contributed by atoms with Crippen LogP contribution in [0.1, 0.15) is 44.7 Å². The molecule has 1 atom stereocenters. The lowest BCUT2D eigenvalue weighted by Crippen LogP contribution is -2.45. The molecular formula is C21H30N4O3. The summed E-state index contributed by atoms with van der Waals surface area (Å²) in [6, 6.07) is 7.12. The van der Waals surface area contributed by atoms with E-state index in [4.69, 9.17) is 10.00 Å². The van der Waals surface area contributed by atoms with Crippen molar-refractivity contribution in [3.05, 3.63) is 29.3 Å². The lowest BCUT2D eigenvalue weighted by molar-refractivity contribution is -0.118. The van der Waals surface area contributed by atoms with Gasteiger partial charge in [-0.3, -0.25) is 4.79 Å². The number of nitriles is 1. The number of ether oxygens (including phenoxy) is 1. The Balaban J connectivity index is 2.06. The predicted octanol–water partition coefficient (Wildman–Crippen LogP) is 2.85. The number of carbonyl (C=O) groups excluding carboxylic acids is 2. The van der Waals surface area contributed by atoms with Gasteiger partial charge in [0.25, 0.3) is 0 Å². The summed E-state index contributed by atoms with van der Waals surface area (Å²) in [4.78, 5) is 27.0. The molecule has 28 heavy (non-hydrogen) atoms. The number of anilines is 1. The molecule has 1 aromatic rings. The molecule has 7 nitrogen and oxygen atoms in total. The number of benzene rings is 1. The fourth-order valence-electron chi connectivity index (χ4n) is 3.07. The fraction of sp³-hybridized carbons (Fsp3) is 0.571. The number of hydrogen-bond donors (Lipinski definition) is 2. The number of alkyl carbamates (subject to hydrolysis) is 1. The van der Waals surface area contributed by atoms with E-state index in [0.717, 1.165) is 25.9 Å². The molecule has 0 bridgehead atoms. The van der Waals surface area contributed by atoms with Crippen LogP contribution >= 0.6 is 0 Å². The summed E-state index contributed by atoms with van der Waals surface area (Å²) in [6.07, 6.45) is 1.63. The molecule has 7 heteroatoms. The highest BCUT2D eigenvalue weighted by atomic mass is 16.6. The van der Waals surface area contributed by atoms with Gasteiger partial charge in [0, 0.05) is 25.2 Å². The first-order valence-electron chi connectivity index (χ1n) is 9.65. The summed E-state index contributed by atoms with van der Waals surface area (Å²) >= 11 is 0. The van der Waals surface area contributed by atoms with Gasteiger partial charge in [0.15, 0.2) is 0 Å². The van der Waals surface area contributed by atoms with Crippen LogP contribution in [0.15, 0.2) is 18.2 Å². The number of nitrogens with zero attached hydrogens (tertiary/aromatic N) is 2. The van der Waals surface area contributed by atoms with Crippen LogP contribution in [0.2, 0.25) is 0 Å². The van der Waals surface area contributed by atoms with Gasteiger partial charge in [-0.1, -0.05) is 6.07 Å². The van der Waals surface area contributed by atoms with Crippen LogP contribution in [-0.4, -0.2) is 48.7 Å². The van der Waals surface area contributed by atoms with Gasteiger partial charge in [-0.15, -0.1) is 0 Å². The van der Waals surface area contributed by atoms with Crippen molar-refractivity contribution in [2.45, 2.75) is 58.1 Å². The van der Waals surface area contributed by atoms with E-state index >= 15 is 0 Å². The minimum absolute atomic E-state index is 0.157. The van der Waals surface area contributed by atoms with E-state index in [0.29, 0.717) is 5.69 Å². The van der Waals surface area contributed by atoms with Crippen LogP contribution in [0.3, 0.4) is 0 Å². The lowest BCUT2D eigenvalue weighted by Gasteiger charge is -2.23. The number of carbonyl (C=O) groups is 2. The lowest BCUT2D eigenvalue weighted by atomic mass is 10.0. The Morgan fingerprint density at radius 3 is 2.57 bits per heavy atom. The van der Waals surface area contributed by atoms with E-state index in [9.17, 15) is 9.59 Å². The molecular weight excluding hydrogens is 356 g/mol. The fourth-order valence-corrected chi connectivity index (χ4v) is 3.07. The van der Waals surface area contributed by atoms with E-state index in [2.05, 4.69) is 28.6 Å². The maximum atomic E-state index is 12.7. The molecule has 0 saturated heterocycles. The van der Waals surface area contributed by atoms with E-state index in [-0.39, 0.29) is 18.7 Å². The van der Waals surface area contributed by atoms with Gasteiger partial charge in [-0.05, 0) is 70.3 Å². The molecule has 0 saturated carbocycles. The van der Waals surface area contributed by atoms with Crippen LogP contribution in [0.25, 0.3) is 0 Å². The molecule has 2 rings (SSSR count). The normalized spacial score (nSPS) is 15.5. The summed E-state index contributed by atoms with van der Waals surface area (Å²) in [5, 5.41) is 14.3. The van der Waals surface area contributed by atoms with Crippen LogP contribution in [0, 0.1) is 11.3 Å². The summed E-state index contributed by atoms with van der Waals surface area (Å²) in [5.41, 5.74) is 2.57. The van der Waals surface area contributed by atoms with Crippen molar-refractivity contribution >= 4 is 17.7 Å². The van der Waals surface area contributed by atoms with Gasteiger partial charge in [0.1, 0.15) is 11.6 Å². The number of amides is 2. The van der Waals surface area contributed by atoms with Crippen molar-refractivity contribution < 1.29 is 14.3 Å². The number of rotatable bonds is 5. The number of nitrogens with one attached hydrogen (secondary N) is 2. The molecule has 1 aliphatic rings. The zero-order chi connectivity index (χ0) is 20.7. The zero-order valence-corrected chi connectivity index (χ0v) is 17.2. The van der Waals surface area contributed by atoms with Gasteiger partial charge in [0.2, 0.25) is 5.91 Å². The molecule has 1 aliphatic heterocycles. The molecule has 0 aromatic heterocycles. The molecule has 0 spiro atoms. The van der Waals surface area contributed by atoms with Crippen LogP contribution < -0.4 is 10.6 Å². The monoisotopic (exact) mass is 386 g/mol. The Kier molecular flexibility index (Phi) is 7.41. The van der Waals surface area contributed by atoms with Gasteiger partial charge < -0.3 is 20.3 Å². The summed E-state index contributed by atoms with van der Waals surface area (Å²) in [6.45, 7) is 7.27. The van der Waals surface area contributed by atoms with E-state index < -0.39 is 17.7 Å². The van der Waals surface area contributed by atoms with Crippen molar-refractivity contribution in [1.82, 2.24) is 10.2 Å². The van der Waals surface area contributed by atoms with Gasteiger partial charge in [0.05, 0.1) is 6.07 Å². The second-order valence-electron chi connectivity index (χ2n) is 8.17. The highest BCUT2D eigenvalue weighted by Gasteiger charge is 2.24. The first-order valence-corrected chi connectivity index (χ1v) is 9.65. The number of fused-ring (bicyclic) bond motifs is 1. The first-order chi connectivity index (χ1) is 13.2. The maximum absolute atomic E-state index is 12.7. The molecule has 0 fully saturated rings. The van der Waals surface area contributed by atoms with Crippen molar-refractivity contribution in [1.29, 1.82) is 5.26 Å². The standard InChI is InChI=1S/C21H30N4O3/c1-21(2,3)28-20(27)24-18(6-5-11-22)19(26)23-17-8-7-15-9-12-25(4)13-10-16(15)14-17/h7-8,14,18H,5-6,9-10,12-13H2,1-4H3,(H,23,26)(H,24,27)/t18-/m1/s1. The SMILES string of the molecule is CN1CCc2ccc(NC(=O)[C@@H](CCC#N)NC(=O)OC(C)(C)C)cc2CC1. The number of hydrogen-bond acceptors (Lipinski definition) is 5. The van der Waals surface area contributed by atoms with Crippen molar-refractivity contribution in [3.63, 3.8) is 0 Å². The van der Waals surface area contributed by atoms with Crippen molar-refractivity contribution in [3.8, 4) is 6.07 Å². The summed E-state index contributed by atoms with van der Waals surface area (Å²) < 4.78 is 5.23. The van der Waals surface area contributed by atoms with Gasteiger partial charge >= 0.3 is 6.09 Å². The summed E-state index contributed by atoms with van der Waals surface area (Å²) in [7, 11) is 2.11. The molecule has 1 heterocycles. The Morgan fingerprint density at radius 2 is 1.93 bits per heavy atom. The smallest absolute Gasteiger partial charge is 0.408 e. The number of likely N-dealkylation sites (N-methyl/N-ethyl adjacent to an activating group) is 1. The third-order valence-electron chi connectivity index (χ3n) is 4.55. The molecule has 0 radical (unpaired) electrons. The quantitative estimate of drug-likeness (QED) is 0.811. The second-order valence-corrected chi connectivity index (χ2v) is 8.17. The minimum Gasteiger partial charge on any atom is -0.444 e. The van der Waals surface area contributed by atoms with E-state index in [1.807, 2.05) is 18.2 Å². The Hall–Kier alpha value is -2.59. The maximum Gasteiger partial charge on any atom is 0.408 e. The predicted molar refractivity (Wildman–Crippen MR) is 108 cm³/mol. The molecule has 152 valence electrons. The molecule has 0 aliphatic carbocycles. The third-order valence-corrected chi connectivity index (χ3v) is 4.55. The van der Waals surface area contributed by atoms with Gasteiger partial charge in [-0.25, -0.2) is 4.79 Å². The summed E-state index contributed by atoms with van der Waals surface area (Å²) in [5.74, 6) is -0.355. The van der Waals surface area contributed by atoms with Crippen molar-refractivity contribution in [2.24, 2.45) is 0 Å². The third kappa shape index (κ3) is 6.86. The van der Waals surface area contributed by atoms with Crippen LogP contribution in [0.4, 0.5) is 10.5 Å². The largest absolute Gasteiger partial charge is 0.444 e. The first kappa shape index (κ1) is 21.7. The van der Waals surface area contributed by atoms with E-state index in [1.165, 1.54) is 11.1 Å². The average molecular weight is 386 g/mol. The Labute approximate surface area is 167 Å². The second kappa shape index (κ2) is 9.56. The molecule has 0 unspecified atom stereocenters. The van der Waals surface area contributed by atoms with Gasteiger partial charge in [-0.2, -0.15) is 5.26 Å². The van der Waals surface area contributed by atoms with Crippen LogP contribution in [-0.2, 0) is 22.4 Å². The van der Waals surface area contributed by atoms with Crippen molar-refractivity contribution in [2.75, 3.05) is 25.5 Å². The molecule has 1 aromatic carbocycles.